The molecule has 0 aromatic heterocycles. The van der Waals surface area contributed by atoms with Gasteiger partial charge in [-0.1, -0.05) is 39.5 Å². The lowest BCUT2D eigenvalue weighted by Gasteiger charge is -2.36. The summed E-state index contributed by atoms with van der Waals surface area (Å²) in [5, 5.41) is 0. The maximum atomic E-state index is 6.16. The van der Waals surface area contributed by atoms with Crippen molar-refractivity contribution in [3.05, 3.63) is 0 Å². The third-order valence-electron chi connectivity index (χ3n) is 5.53. The number of nitrogens with zero attached hydrogens (tertiary/aromatic N) is 1. The normalized spacial score (nSPS) is 28.6. The number of hydrogen-bond donors (Lipinski definition) is 1. The minimum absolute atomic E-state index is 0.539. The second kappa shape index (κ2) is 7.08. The topological polar surface area (TPSA) is 29.3 Å². The molecule has 1 heterocycles. The van der Waals surface area contributed by atoms with Crippen molar-refractivity contribution >= 4 is 0 Å². The molecule has 2 rings (SSSR count). The zero-order chi connectivity index (χ0) is 13.7. The SMILES string of the molecule is CC1(C)CCCN(C(CN)C2CCCCCC2)CC1. The molecule has 112 valence electrons. The molecule has 0 amide bonds. The molecule has 1 saturated carbocycles. The Hall–Kier alpha value is -0.0800. The Kier molecular flexibility index (Phi) is 5.70. The maximum absolute atomic E-state index is 6.16. The molecule has 0 bridgehead atoms. The molecule has 2 nitrogen and oxygen atoms in total. The Morgan fingerprint density at radius 1 is 1.00 bits per heavy atom. The van der Waals surface area contributed by atoms with Crippen LogP contribution in [0.15, 0.2) is 0 Å². The van der Waals surface area contributed by atoms with Crippen molar-refractivity contribution in [1.29, 1.82) is 0 Å². The molecule has 0 radical (unpaired) electrons. The second-order valence-electron chi connectivity index (χ2n) is 7.61. The lowest BCUT2D eigenvalue weighted by atomic mass is 9.85. The molecule has 1 unspecified atom stereocenters. The molecule has 2 N–H and O–H groups in total. The van der Waals surface area contributed by atoms with E-state index >= 15 is 0 Å². The molecule has 1 atom stereocenters. The van der Waals surface area contributed by atoms with Gasteiger partial charge in [0, 0.05) is 12.6 Å². The monoisotopic (exact) mass is 266 g/mol. The van der Waals surface area contributed by atoms with Crippen LogP contribution in [-0.4, -0.2) is 30.6 Å². The molecule has 1 saturated heterocycles. The highest BCUT2D eigenvalue weighted by Crippen LogP contribution is 2.33. The highest BCUT2D eigenvalue weighted by atomic mass is 15.2. The van der Waals surface area contributed by atoms with Gasteiger partial charge in [0.25, 0.3) is 0 Å². The van der Waals surface area contributed by atoms with Crippen LogP contribution in [-0.2, 0) is 0 Å². The molecule has 0 spiro atoms. The summed E-state index contributed by atoms with van der Waals surface area (Å²) < 4.78 is 0. The van der Waals surface area contributed by atoms with Crippen LogP contribution < -0.4 is 5.73 Å². The number of hydrogen-bond acceptors (Lipinski definition) is 2. The number of rotatable bonds is 3. The van der Waals surface area contributed by atoms with Crippen molar-refractivity contribution in [2.24, 2.45) is 17.1 Å². The van der Waals surface area contributed by atoms with Crippen molar-refractivity contribution in [1.82, 2.24) is 4.90 Å². The lowest BCUT2D eigenvalue weighted by Crippen LogP contribution is -2.46. The predicted octanol–water partition coefficient (Wildman–Crippen LogP) is 3.80. The van der Waals surface area contributed by atoms with Gasteiger partial charge in [-0.15, -0.1) is 0 Å². The van der Waals surface area contributed by atoms with Crippen LogP contribution in [0.1, 0.15) is 71.6 Å². The van der Waals surface area contributed by atoms with E-state index in [1.165, 1.54) is 70.9 Å². The van der Waals surface area contributed by atoms with Crippen LogP contribution in [0.5, 0.6) is 0 Å². The number of likely N-dealkylation sites (tertiary alicyclic amines) is 1. The molecule has 19 heavy (non-hydrogen) atoms. The zero-order valence-corrected chi connectivity index (χ0v) is 13.2. The van der Waals surface area contributed by atoms with Crippen LogP contribution in [0.4, 0.5) is 0 Å². The van der Waals surface area contributed by atoms with Crippen molar-refractivity contribution in [3.8, 4) is 0 Å². The van der Waals surface area contributed by atoms with Crippen molar-refractivity contribution in [2.45, 2.75) is 77.7 Å². The third kappa shape index (κ3) is 4.46. The molecule has 0 aromatic carbocycles. The van der Waals surface area contributed by atoms with E-state index in [1.807, 2.05) is 0 Å². The van der Waals surface area contributed by atoms with E-state index in [-0.39, 0.29) is 0 Å². The van der Waals surface area contributed by atoms with Gasteiger partial charge in [0.2, 0.25) is 0 Å². The summed E-state index contributed by atoms with van der Waals surface area (Å²) in [7, 11) is 0. The first-order valence-corrected chi connectivity index (χ1v) is 8.56. The van der Waals surface area contributed by atoms with Crippen molar-refractivity contribution in [2.75, 3.05) is 19.6 Å². The first-order chi connectivity index (χ1) is 9.12. The summed E-state index contributed by atoms with van der Waals surface area (Å²) in [6, 6.07) is 0.659. The summed E-state index contributed by atoms with van der Waals surface area (Å²) >= 11 is 0. The van der Waals surface area contributed by atoms with Crippen molar-refractivity contribution in [3.63, 3.8) is 0 Å². The van der Waals surface area contributed by atoms with Gasteiger partial charge in [-0.3, -0.25) is 4.90 Å². The van der Waals surface area contributed by atoms with E-state index < -0.39 is 0 Å². The van der Waals surface area contributed by atoms with E-state index in [4.69, 9.17) is 5.73 Å². The van der Waals surface area contributed by atoms with Crippen LogP contribution in [0.2, 0.25) is 0 Å². The van der Waals surface area contributed by atoms with Gasteiger partial charge in [-0.2, -0.15) is 0 Å². The second-order valence-corrected chi connectivity index (χ2v) is 7.61. The van der Waals surface area contributed by atoms with Gasteiger partial charge >= 0.3 is 0 Å². The Bertz CT molecular complexity index is 254. The van der Waals surface area contributed by atoms with E-state index in [1.54, 1.807) is 0 Å². The average molecular weight is 266 g/mol. The number of nitrogens with two attached hydrogens (primary N) is 1. The highest BCUT2D eigenvalue weighted by Gasteiger charge is 2.30. The van der Waals surface area contributed by atoms with Crippen LogP contribution >= 0.6 is 0 Å². The molecule has 1 aliphatic carbocycles. The molecule has 1 aliphatic heterocycles. The molecular weight excluding hydrogens is 232 g/mol. The Morgan fingerprint density at radius 2 is 1.68 bits per heavy atom. The molecule has 2 fully saturated rings. The predicted molar refractivity (Wildman–Crippen MR) is 83.2 cm³/mol. The molecule has 2 aliphatic rings. The van der Waals surface area contributed by atoms with Gasteiger partial charge in [-0.25, -0.2) is 0 Å². The quantitative estimate of drug-likeness (QED) is 0.787. The molecular formula is C17H34N2. The Labute approximate surface area is 120 Å². The zero-order valence-electron chi connectivity index (χ0n) is 13.2. The van der Waals surface area contributed by atoms with E-state index in [0.29, 0.717) is 11.5 Å². The highest BCUT2D eigenvalue weighted by molar-refractivity contribution is 4.85. The summed E-state index contributed by atoms with van der Waals surface area (Å²) in [6.45, 7) is 8.28. The Balaban J connectivity index is 1.95. The summed E-state index contributed by atoms with van der Waals surface area (Å²) in [4.78, 5) is 2.74. The fourth-order valence-corrected chi connectivity index (χ4v) is 4.11. The first kappa shape index (κ1) is 15.3. The standard InChI is InChI=1S/C17H34N2/c1-17(2)10-7-12-19(13-11-17)16(14-18)15-8-5-3-4-6-9-15/h15-16H,3-14,18H2,1-2H3. The smallest absolute Gasteiger partial charge is 0.0246 e. The maximum Gasteiger partial charge on any atom is 0.0246 e. The van der Waals surface area contributed by atoms with Gasteiger partial charge < -0.3 is 5.73 Å². The summed E-state index contributed by atoms with van der Waals surface area (Å²) in [6.07, 6.45) is 12.7. The average Bonchev–Trinajstić information content (AvgIpc) is 2.72. The summed E-state index contributed by atoms with van der Waals surface area (Å²) in [5.74, 6) is 0.869. The van der Waals surface area contributed by atoms with E-state index in [9.17, 15) is 0 Å². The van der Waals surface area contributed by atoms with E-state index in [0.717, 1.165) is 12.5 Å². The van der Waals surface area contributed by atoms with Gasteiger partial charge in [0.1, 0.15) is 0 Å². The van der Waals surface area contributed by atoms with Crippen LogP contribution in [0.3, 0.4) is 0 Å². The van der Waals surface area contributed by atoms with Crippen LogP contribution in [0, 0.1) is 11.3 Å². The summed E-state index contributed by atoms with van der Waals surface area (Å²) in [5.41, 5.74) is 6.70. The van der Waals surface area contributed by atoms with Gasteiger partial charge in [0.15, 0.2) is 0 Å². The third-order valence-corrected chi connectivity index (χ3v) is 5.53. The first-order valence-electron chi connectivity index (χ1n) is 8.56. The minimum atomic E-state index is 0.539. The Morgan fingerprint density at radius 3 is 2.32 bits per heavy atom. The van der Waals surface area contributed by atoms with Gasteiger partial charge in [0.05, 0.1) is 0 Å². The van der Waals surface area contributed by atoms with E-state index in [2.05, 4.69) is 18.7 Å². The van der Waals surface area contributed by atoms with Crippen LogP contribution in [0.25, 0.3) is 0 Å². The minimum Gasteiger partial charge on any atom is -0.329 e. The fraction of sp³-hybridized carbons (Fsp3) is 1.00. The molecule has 2 heteroatoms. The fourth-order valence-electron chi connectivity index (χ4n) is 4.11. The largest absolute Gasteiger partial charge is 0.329 e. The van der Waals surface area contributed by atoms with Crippen molar-refractivity contribution < 1.29 is 0 Å². The molecule has 0 aromatic rings. The lowest BCUT2D eigenvalue weighted by molar-refractivity contribution is 0.135. The van der Waals surface area contributed by atoms with Gasteiger partial charge in [-0.05, 0) is 56.5 Å².